The van der Waals surface area contributed by atoms with Crippen LogP contribution in [-0.2, 0) is 9.59 Å². The number of nitrogens with zero attached hydrogens (tertiary/aromatic N) is 2. The molecule has 2 aliphatic rings. The minimum absolute atomic E-state index is 0. The number of carbonyl (C=O) groups excluding carboxylic acids is 2. The zero-order valence-electron chi connectivity index (χ0n) is 28.0. The number of ketones is 2. The Bertz CT molecular complexity index is 1910. The van der Waals surface area contributed by atoms with E-state index < -0.39 is 0 Å². The van der Waals surface area contributed by atoms with Gasteiger partial charge in [0.15, 0.2) is 11.6 Å². The second kappa shape index (κ2) is 17.1. The van der Waals surface area contributed by atoms with Crippen molar-refractivity contribution in [3.63, 3.8) is 0 Å². The minimum atomic E-state index is 0. The maximum Gasteiger partial charge on any atom is 0.160 e. The van der Waals surface area contributed by atoms with E-state index in [1.165, 1.54) is 5.56 Å². The molecule has 0 unspecified atom stereocenters. The van der Waals surface area contributed by atoms with E-state index in [4.69, 9.17) is 0 Å². The van der Waals surface area contributed by atoms with E-state index in [9.17, 15) is 9.59 Å². The summed E-state index contributed by atoms with van der Waals surface area (Å²) in [5.74, 6) is 0.520. The van der Waals surface area contributed by atoms with E-state index in [0.717, 1.165) is 94.9 Å². The summed E-state index contributed by atoms with van der Waals surface area (Å²) in [6.45, 7) is 6.26. The summed E-state index contributed by atoms with van der Waals surface area (Å²) in [4.78, 5) is 28.2. The monoisotopic (exact) mass is 665 g/mol. The van der Waals surface area contributed by atoms with Gasteiger partial charge in [0.25, 0.3) is 0 Å². The van der Waals surface area contributed by atoms with Crippen LogP contribution >= 0.6 is 0 Å². The van der Waals surface area contributed by atoms with Crippen LogP contribution in [0.4, 0.5) is 17.1 Å². The maximum atomic E-state index is 11.8. The molecule has 7 rings (SSSR count). The summed E-state index contributed by atoms with van der Waals surface area (Å²) in [7, 11) is 0. The van der Waals surface area contributed by atoms with Crippen LogP contribution in [0.15, 0.2) is 134 Å². The molecule has 3 N–H and O–H groups in total. The molecule has 2 fully saturated rings. The molecule has 50 heavy (non-hydrogen) atoms. The van der Waals surface area contributed by atoms with Gasteiger partial charge < -0.3 is 20.4 Å². The molecular weight excluding hydrogens is 619 g/mol. The third kappa shape index (κ3) is 9.26. The first-order valence-corrected chi connectivity index (χ1v) is 17.1. The average Bonchev–Trinajstić information content (AvgIpc) is 3.57. The van der Waals surface area contributed by atoms with Crippen molar-refractivity contribution in [3.8, 4) is 11.3 Å². The fourth-order valence-corrected chi connectivity index (χ4v) is 6.06. The lowest BCUT2D eigenvalue weighted by atomic mass is 9.94. The number of rotatable bonds is 8. The van der Waals surface area contributed by atoms with Crippen LogP contribution in [0.5, 0.6) is 0 Å². The number of fused-ring (bicyclic) bond motifs is 1. The largest absolute Gasteiger partial charge is 0.361 e. The molecule has 0 bridgehead atoms. The Morgan fingerprint density at radius 2 is 1.24 bits per heavy atom. The van der Waals surface area contributed by atoms with E-state index in [1.807, 2.05) is 83.8 Å². The number of hydrogen-bond acceptors (Lipinski definition) is 6. The van der Waals surface area contributed by atoms with Crippen LogP contribution < -0.4 is 16.0 Å². The fourth-order valence-electron chi connectivity index (χ4n) is 6.06. The molecule has 2 saturated carbocycles. The Kier molecular flexibility index (Phi) is 12.2. The average molecular weight is 666 g/mol. The molecule has 0 saturated heterocycles. The van der Waals surface area contributed by atoms with Crippen LogP contribution in [-0.4, -0.2) is 21.0 Å². The molecule has 2 aromatic heterocycles. The summed E-state index contributed by atoms with van der Waals surface area (Å²) in [6.07, 6.45) is 15.0. The first-order valence-electron chi connectivity index (χ1n) is 17.1. The highest BCUT2D eigenvalue weighted by molar-refractivity contribution is 5.96. The van der Waals surface area contributed by atoms with Crippen LogP contribution in [0.2, 0.25) is 0 Å². The molecule has 3 aromatic carbocycles. The summed E-state index contributed by atoms with van der Waals surface area (Å²) in [6, 6.07) is 30.4. The van der Waals surface area contributed by atoms with Gasteiger partial charge >= 0.3 is 0 Å². The summed E-state index contributed by atoms with van der Waals surface area (Å²) < 4.78 is 2.03. The first kappa shape index (κ1) is 35.6. The van der Waals surface area contributed by atoms with Gasteiger partial charge in [0.05, 0.1) is 5.69 Å². The molecule has 2 aliphatic carbocycles. The molecule has 0 amide bonds. The Hall–Kier alpha value is -5.69. The van der Waals surface area contributed by atoms with Crippen molar-refractivity contribution in [2.75, 3.05) is 16.0 Å². The molecule has 2 heterocycles. The number of anilines is 3. The van der Waals surface area contributed by atoms with E-state index in [0.29, 0.717) is 12.8 Å². The molecule has 5 aromatic rings. The molecule has 7 heteroatoms. The quantitative estimate of drug-likeness (QED) is 0.143. The number of aromatic nitrogens is 2. The smallest absolute Gasteiger partial charge is 0.160 e. The normalized spacial score (nSPS) is 15.9. The predicted octanol–water partition coefficient (Wildman–Crippen LogP) is 10.6. The molecule has 0 radical (unpaired) electrons. The van der Waals surface area contributed by atoms with E-state index >= 15 is 0 Å². The highest BCUT2D eigenvalue weighted by Gasteiger charge is 2.15. The van der Waals surface area contributed by atoms with Crippen molar-refractivity contribution >= 4 is 40.0 Å². The number of pyridine rings is 1. The zero-order chi connectivity index (χ0) is 34.0. The molecule has 0 atom stereocenters. The SMILES string of the molecule is C.C=C(Nc1ccc(-c2cn3ccccc3n2)cc1)c1ccccc1C.O=C1CCCCC1=CNc1ccc(NC=C2CCCCC2=O)cc1. The zero-order valence-corrected chi connectivity index (χ0v) is 28.0. The molecular formula is C43H47N5O2. The number of allylic oxidation sites excluding steroid dienone is 2. The topological polar surface area (TPSA) is 87.5 Å². The number of carbonyl (C=O) groups is 2. The van der Waals surface area contributed by atoms with Crippen LogP contribution in [0.3, 0.4) is 0 Å². The van der Waals surface area contributed by atoms with Gasteiger partial charge in [0, 0.05) is 82.7 Å². The van der Waals surface area contributed by atoms with Gasteiger partial charge in [0.1, 0.15) is 5.65 Å². The summed E-state index contributed by atoms with van der Waals surface area (Å²) in [5.41, 5.74) is 11.0. The van der Waals surface area contributed by atoms with E-state index in [-0.39, 0.29) is 19.0 Å². The second-order valence-electron chi connectivity index (χ2n) is 12.6. The molecule has 0 spiro atoms. The van der Waals surface area contributed by atoms with Crippen molar-refractivity contribution in [1.82, 2.24) is 9.38 Å². The van der Waals surface area contributed by atoms with Gasteiger partial charge in [-0.15, -0.1) is 0 Å². The van der Waals surface area contributed by atoms with Crippen molar-refractivity contribution in [2.45, 2.75) is 65.7 Å². The number of imidazole rings is 1. The fraction of sp³-hybridized carbons (Fsp3) is 0.233. The van der Waals surface area contributed by atoms with Gasteiger partial charge in [-0.05, 0) is 99.5 Å². The van der Waals surface area contributed by atoms with Crippen molar-refractivity contribution < 1.29 is 9.59 Å². The summed E-state index contributed by atoms with van der Waals surface area (Å²) in [5, 5.41) is 9.79. The van der Waals surface area contributed by atoms with Crippen LogP contribution in [0.25, 0.3) is 22.6 Å². The molecule has 0 aliphatic heterocycles. The number of benzene rings is 3. The van der Waals surface area contributed by atoms with Crippen molar-refractivity contribution in [1.29, 1.82) is 0 Å². The van der Waals surface area contributed by atoms with Crippen molar-refractivity contribution in [2.24, 2.45) is 0 Å². The van der Waals surface area contributed by atoms with Gasteiger partial charge in [-0.1, -0.05) is 56.5 Å². The highest BCUT2D eigenvalue weighted by atomic mass is 16.1. The van der Waals surface area contributed by atoms with E-state index in [2.05, 4.69) is 70.8 Å². The molecule has 256 valence electrons. The third-order valence-corrected chi connectivity index (χ3v) is 8.94. The first-order chi connectivity index (χ1) is 23.9. The Morgan fingerprint density at radius 3 is 1.80 bits per heavy atom. The Morgan fingerprint density at radius 1 is 0.700 bits per heavy atom. The van der Waals surface area contributed by atoms with E-state index in [1.54, 1.807) is 0 Å². The second-order valence-corrected chi connectivity index (χ2v) is 12.6. The third-order valence-electron chi connectivity index (χ3n) is 8.94. The van der Waals surface area contributed by atoms with Gasteiger partial charge in [-0.25, -0.2) is 4.98 Å². The minimum Gasteiger partial charge on any atom is -0.361 e. The Labute approximate surface area is 295 Å². The number of Topliss-reactive ketones (excluding diaryl/α,β-unsaturated/α-hetero) is 2. The lowest BCUT2D eigenvalue weighted by Crippen LogP contribution is -2.10. The van der Waals surface area contributed by atoms with Crippen LogP contribution in [0.1, 0.15) is 69.9 Å². The lowest BCUT2D eigenvalue weighted by Gasteiger charge is -2.13. The molecule has 7 nitrogen and oxygen atoms in total. The van der Waals surface area contributed by atoms with Crippen LogP contribution in [0, 0.1) is 6.92 Å². The number of hydrogen-bond donors (Lipinski definition) is 3. The maximum absolute atomic E-state index is 11.8. The van der Waals surface area contributed by atoms with Gasteiger partial charge in [0.2, 0.25) is 0 Å². The Balaban J connectivity index is 0.000000191. The highest BCUT2D eigenvalue weighted by Crippen LogP contribution is 2.25. The number of aryl methyl sites for hydroxylation is 1. The lowest BCUT2D eigenvalue weighted by molar-refractivity contribution is -0.117. The van der Waals surface area contributed by atoms with Gasteiger partial charge in [-0.3, -0.25) is 9.59 Å². The number of nitrogens with one attached hydrogen (secondary N) is 3. The summed E-state index contributed by atoms with van der Waals surface area (Å²) >= 11 is 0. The van der Waals surface area contributed by atoms with Crippen molar-refractivity contribution in [3.05, 3.63) is 145 Å². The van der Waals surface area contributed by atoms with Gasteiger partial charge in [-0.2, -0.15) is 0 Å². The predicted molar refractivity (Wildman–Crippen MR) is 208 cm³/mol. The standard InChI is InChI=1S/C22H19N3.C20H24N2O2.CH4/c1-16-7-3-4-8-20(16)17(2)23-19-12-10-18(11-13-19)21-15-25-14-6-5-9-22(25)24-21;23-19-7-3-1-5-15(19)13-21-17-9-11-18(12-10-17)22-14-16-6-2-4-8-20(16)24;/h3-15,23H,2H2,1H3;9-14,21-22H,1-8H2;1H4.